The standard InChI is InChI=1S/C24H28N6O3/c1-3-17-14-22(31)28-23(25-17)30-21(15-19(29-30)16-10-6-5-7-11-16)27-24(32)26-18-12-8-9-13-20(18)33-4-2/h5-13,15,17,23,25H,3-4,14H2,1-2H3,(H,28,31)(H2,26,27,32). The van der Waals surface area contributed by atoms with Crippen LogP contribution in [0.25, 0.3) is 11.3 Å². The minimum absolute atomic E-state index is 0.0212. The van der Waals surface area contributed by atoms with E-state index in [0.29, 0.717) is 36.0 Å². The number of hydrogen-bond acceptors (Lipinski definition) is 5. The van der Waals surface area contributed by atoms with Crippen molar-refractivity contribution in [2.24, 2.45) is 0 Å². The van der Waals surface area contributed by atoms with Gasteiger partial charge in [0.1, 0.15) is 11.6 Å². The maximum Gasteiger partial charge on any atom is 0.324 e. The Bertz CT molecular complexity index is 1110. The van der Waals surface area contributed by atoms with Crippen LogP contribution in [0.3, 0.4) is 0 Å². The molecule has 0 radical (unpaired) electrons. The van der Waals surface area contributed by atoms with Crippen molar-refractivity contribution >= 4 is 23.4 Å². The van der Waals surface area contributed by atoms with E-state index in [1.807, 2.05) is 56.3 Å². The molecule has 1 fully saturated rings. The molecule has 1 aliphatic rings. The van der Waals surface area contributed by atoms with Crippen molar-refractivity contribution in [2.75, 3.05) is 17.2 Å². The van der Waals surface area contributed by atoms with Gasteiger partial charge in [0.25, 0.3) is 0 Å². The summed E-state index contributed by atoms with van der Waals surface area (Å²) < 4.78 is 7.18. The Balaban J connectivity index is 1.61. The molecule has 1 saturated heterocycles. The Morgan fingerprint density at radius 1 is 1.12 bits per heavy atom. The SMILES string of the molecule is CCOc1ccccc1NC(=O)Nc1cc(-c2ccccc2)nn1C1NC(=O)CC(CC)N1. The third-order valence-electron chi connectivity index (χ3n) is 5.34. The second kappa shape index (κ2) is 10.2. The topological polar surface area (TPSA) is 109 Å². The van der Waals surface area contributed by atoms with Crippen molar-refractivity contribution in [2.45, 2.75) is 39.0 Å². The number of amides is 3. The van der Waals surface area contributed by atoms with Crippen LogP contribution in [0.1, 0.15) is 33.0 Å². The summed E-state index contributed by atoms with van der Waals surface area (Å²) in [5.41, 5.74) is 2.13. The Morgan fingerprint density at radius 2 is 1.88 bits per heavy atom. The Kier molecular flexibility index (Phi) is 6.89. The molecule has 0 bridgehead atoms. The van der Waals surface area contributed by atoms with Crippen LogP contribution in [-0.2, 0) is 4.79 Å². The minimum Gasteiger partial charge on any atom is -0.492 e. The molecule has 2 aromatic carbocycles. The quantitative estimate of drug-likeness (QED) is 0.438. The van der Waals surface area contributed by atoms with E-state index in [4.69, 9.17) is 4.74 Å². The zero-order chi connectivity index (χ0) is 23.2. The Hall–Kier alpha value is -3.85. The molecule has 2 unspecified atom stereocenters. The number of anilines is 2. The van der Waals surface area contributed by atoms with Gasteiger partial charge in [-0.15, -0.1) is 0 Å². The van der Waals surface area contributed by atoms with Gasteiger partial charge in [0.05, 0.1) is 18.0 Å². The lowest BCUT2D eigenvalue weighted by atomic mass is 10.1. The molecule has 9 nitrogen and oxygen atoms in total. The third-order valence-corrected chi connectivity index (χ3v) is 5.34. The second-order valence-corrected chi connectivity index (χ2v) is 7.68. The summed E-state index contributed by atoms with van der Waals surface area (Å²) >= 11 is 0. The summed E-state index contributed by atoms with van der Waals surface area (Å²) in [5.74, 6) is 0.957. The van der Waals surface area contributed by atoms with E-state index in [1.165, 1.54) is 0 Å². The van der Waals surface area contributed by atoms with Crippen LogP contribution in [0.2, 0.25) is 0 Å². The molecular formula is C24H28N6O3. The molecule has 4 N–H and O–H groups in total. The predicted molar refractivity (Wildman–Crippen MR) is 127 cm³/mol. The molecule has 3 amide bonds. The van der Waals surface area contributed by atoms with Gasteiger partial charge in [-0.05, 0) is 25.5 Å². The minimum atomic E-state index is -0.584. The van der Waals surface area contributed by atoms with Gasteiger partial charge in [-0.25, -0.2) is 9.48 Å². The van der Waals surface area contributed by atoms with E-state index in [1.54, 1.807) is 22.9 Å². The highest BCUT2D eigenvalue weighted by Gasteiger charge is 2.28. The first-order valence-electron chi connectivity index (χ1n) is 11.1. The third kappa shape index (κ3) is 5.32. The van der Waals surface area contributed by atoms with Crippen LogP contribution in [-0.4, -0.2) is 34.4 Å². The van der Waals surface area contributed by atoms with Crippen molar-refractivity contribution in [1.82, 2.24) is 20.4 Å². The zero-order valence-electron chi connectivity index (χ0n) is 18.7. The Morgan fingerprint density at radius 3 is 2.64 bits per heavy atom. The molecule has 0 saturated carbocycles. The lowest BCUT2D eigenvalue weighted by molar-refractivity contribution is -0.125. The van der Waals surface area contributed by atoms with Crippen molar-refractivity contribution in [3.05, 3.63) is 60.7 Å². The van der Waals surface area contributed by atoms with Gasteiger partial charge in [-0.2, -0.15) is 5.10 Å². The van der Waals surface area contributed by atoms with Crippen LogP contribution in [0.5, 0.6) is 5.75 Å². The number of nitrogens with zero attached hydrogens (tertiary/aromatic N) is 2. The number of aromatic nitrogens is 2. The number of carbonyl (C=O) groups is 2. The van der Waals surface area contributed by atoms with Crippen LogP contribution in [0, 0.1) is 0 Å². The number of hydrogen-bond donors (Lipinski definition) is 4. The first kappa shape index (κ1) is 22.3. The fourth-order valence-electron chi connectivity index (χ4n) is 3.71. The smallest absolute Gasteiger partial charge is 0.324 e. The van der Waals surface area contributed by atoms with Crippen LogP contribution >= 0.6 is 0 Å². The van der Waals surface area contributed by atoms with Gasteiger partial charge in [0.15, 0.2) is 6.29 Å². The lowest BCUT2D eigenvalue weighted by Gasteiger charge is -2.31. The molecule has 2 atom stereocenters. The maximum absolute atomic E-state index is 12.9. The predicted octanol–water partition coefficient (Wildman–Crippen LogP) is 3.94. The monoisotopic (exact) mass is 448 g/mol. The molecule has 33 heavy (non-hydrogen) atoms. The van der Waals surface area contributed by atoms with E-state index in [9.17, 15) is 9.59 Å². The summed E-state index contributed by atoms with van der Waals surface area (Å²) in [4.78, 5) is 25.1. The van der Waals surface area contributed by atoms with E-state index in [0.717, 1.165) is 12.0 Å². The highest BCUT2D eigenvalue weighted by atomic mass is 16.5. The Labute approximate surface area is 192 Å². The van der Waals surface area contributed by atoms with E-state index < -0.39 is 12.3 Å². The number of urea groups is 1. The molecule has 0 aliphatic carbocycles. The molecule has 2 heterocycles. The summed E-state index contributed by atoms with van der Waals surface area (Å²) in [6.45, 7) is 4.39. The highest BCUT2D eigenvalue weighted by Crippen LogP contribution is 2.27. The molecule has 4 rings (SSSR count). The van der Waals surface area contributed by atoms with Gasteiger partial charge in [0, 0.05) is 24.1 Å². The number of benzene rings is 2. The normalized spacial score (nSPS) is 17.8. The molecule has 172 valence electrons. The lowest BCUT2D eigenvalue weighted by Crippen LogP contribution is -2.53. The molecule has 0 spiro atoms. The number of carbonyl (C=O) groups excluding carboxylic acids is 2. The average Bonchev–Trinajstić information content (AvgIpc) is 3.24. The van der Waals surface area contributed by atoms with Crippen LogP contribution in [0.15, 0.2) is 60.7 Å². The van der Waals surface area contributed by atoms with E-state index in [2.05, 4.69) is 26.4 Å². The first-order chi connectivity index (χ1) is 16.1. The summed E-state index contributed by atoms with van der Waals surface area (Å²) in [6.07, 6.45) is 0.616. The van der Waals surface area contributed by atoms with Gasteiger partial charge in [0.2, 0.25) is 5.91 Å². The zero-order valence-corrected chi connectivity index (χ0v) is 18.7. The maximum atomic E-state index is 12.9. The molecule has 9 heteroatoms. The van der Waals surface area contributed by atoms with Crippen LogP contribution < -0.4 is 26.0 Å². The largest absolute Gasteiger partial charge is 0.492 e. The molecule has 3 aromatic rings. The van der Waals surface area contributed by atoms with Crippen molar-refractivity contribution in [1.29, 1.82) is 0 Å². The summed E-state index contributed by atoms with van der Waals surface area (Å²) in [5, 5.41) is 16.7. The highest BCUT2D eigenvalue weighted by molar-refractivity contribution is 6.00. The summed E-state index contributed by atoms with van der Waals surface area (Å²) in [7, 11) is 0. The fourth-order valence-corrected chi connectivity index (χ4v) is 3.71. The van der Waals surface area contributed by atoms with E-state index in [-0.39, 0.29) is 11.9 Å². The van der Waals surface area contributed by atoms with Crippen LogP contribution in [0.4, 0.5) is 16.3 Å². The molecule has 1 aliphatic heterocycles. The number of nitrogens with one attached hydrogen (secondary N) is 4. The van der Waals surface area contributed by atoms with Crippen molar-refractivity contribution in [3.8, 4) is 17.0 Å². The average molecular weight is 449 g/mol. The van der Waals surface area contributed by atoms with Gasteiger partial charge >= 0.3 is 6.03 Å². The van der Waals surface area contributed by atoms with Crippen molar-refractivity contribution < 1.29 is 14.3 Å². The number of para-hydroxylation sites is 2. The molecular weight excluding hydrogens is 420 g/mol. The van der Waals surface area contributed by atoms with Gasteiger partial charge in [-0.1, -0.05) is 49.4 Å². The second-order valence-electron chi connectivity index (χ2n) is 7.68. The van der Waals surface area contributed by atoms with E-state index >= 15 is 0 Å². The number of ether oxygens (including phenoxy) is 1. The van der Waals surface area contributed by atoms with Gasteiger partial charge < -0.3 is 15.4 Å². The fraction of sp³-hybridized carbons (Fsp3) is 0.292. The number of rotatable bonds is 7. The molecule has 1 aromatic heterocycles. The summed E-state index contributed by atoms with van der Waals surface area (Å²) in [6, 6.07) is 18.2. The van der Waals surface area contributed by atoms with Gasteiger partial charge in [-0.3, -0.25) is 15.4 Å². The van der Waals surface area contributed by atoms with Crippen molar-refractivity contribution in [3.63, 3.8) is 0 Å². The first-order valence-corrected chi connectivity index (χ1v) is 11.1.